The van der Waals surface area contributed by atoms with E-state index in [1.165, 1.54) is 0 Å². The van der Waals surface area contributed by atoms with Crippen LogP contribution in [-0.4, -0.2) is 23.7 Å². The lowest BCUT2D eigenvalue weighted by Crippen LogP contribution is -2.27. The molecular weight excluding hydrogens is 122 g/mol. The fraction of sp³-hybridized carbons (Fsp3) is 0.600. The van der Waals surface area contributed by atoms with Crippen LogP contribution in [0.2, 0.25) is 0 Å². The maximum atomic E-state index is 10.1. The third kappa shape index (κ3) is 0.928. The van der Waals surface area contributed by atoms with Gasteiger partial charge < -0.3 is 10.1 Å². The van der Waals surface area contributed by atoms with Crippen molar-refractivity contribution in [3.8, 4) is 0 Å². The van der Waals surface area contributed by atoms with Gasteiger partial charge in [0.1, 0.15) is 6.29 Å². The van der Waals surface area contributed by atoms with Crippen molar-refractivity contribution in [2.75, 3.05) is 6.54 Å². The number of hydrogen-bond acceptors (Lipinski definition) is 3. The first kappa shape index (κ1) is 5.85. The van der Waals surface area contributed by atoms with Crippen LogP contribution in [0.25, 0.3) is 0 Å². The second kappa shape index (κ2) is 2.33. The topological polar surface area (TPSA) is 29.1 Å². The Kier molecular flexibility index (Phi) is 1.70. The van der Waals surface area contributed by atoms with Crippen LogP contribution in [0.3, 0.4) is 0 Å². The fourth-order valence-electron chi connectivity index (χ4n) is 0.744. The van der Waals surface area contributed by atoms with Crippen molar-refractivity contribution < 1.29 is 4.79 Å². The number of carbonyl (C=O) groups is 1. The standard InChI is InChI=1S/C5H7NOS/c7-3-4-5(8)1-2-6-4/h3-4,6H,1-2H2/t4-/m1/s1. The third-order valence-corrected chi connectivity index (χ3v) is 1.68. The quantitative estimate of drug-likeness (QED) is 0.396. The Balaban J connectivity index is 2.54. The lowest BCUT2D eigenvalue weighted by molar-refractivity contribution is -0.108. The van der Waals surface area contributed by atoms with E-state index in [0.29, 0.717) is 0 Å². The van der Waals surface area contributed by atoms with E-state index in [-0.39, 0.29) is 6.04 Å². The van der Waals surface area contributed by atoms with Crippen molar-refractivity contribution in [3.05, 3.63) is 0 Å². The van der Waals surface area contributed by atoms with E-state index in [2.05, 4.69) is 5.32 Å². The molecule has 8 heavy (non-hydrogen) atoms. The van der Waals surface area contributed by atoms with Crippen molar-refractivity contribution in [1.82, 2.24) is 5.32 Å². The molecule has 1 aliphatic heterocycles. The van der Waals surface area contributed by atoms with E-state index in [0.717, 1.165) is 24.1 Å². The molecule has 0 aliphatic carbocycles. The van der Waals surface area contributed by atoms with E-state index < -0.39 is 0 Å². The fourth-order valence-corrected chi connectivity index (χ4v) is 0.985. The first-order chi connectivity index (χ1) is 3.84. The number of thiocarbonyl (C=S) groups is 1. The highest BCUT2D eigenvalue weighted by atomic mass is 32.1. The van der Waals surface area contributed by atoms with Crippen LogP contribution < -0.4 is 5.32 Å². The van der Waals surface area contributed by atoms with Crippen molar-refractivity contribution in [1.29, 1.82) is 0 Å². The number of carbonyl (C=O) groups excluding carboxylic acids is 1. The molecule has 0 aromatic rings. The molecule has 0 unspecified atom stereocenters. The summed E-state index contributed by atoms with van der Waals surface area (Å²) in [6.45, 7) is 0.863. The Bertz CT molecular complexity index is 124. The molecule has 0 spiro atoms. The molecule has 44 valence electrons. The minimum absolute atomic E-state index is 0.134. The molecule has 3 heteroatoms. The summed E-state index contributed by atoms with van der Waals surface area (Å²) in [5, 5.41) is 2.95. The highest BCUT2D eigenvalue weighted by Gasteiger charge is 2.17. The van der Waals surface area contributed by atoms with E-state index in [1.54, 1.807) is 0 Å². The molecule has 0 aromatic carbocycles. The van der Waals surface area contributed by atoms with Gasteiger partial charge in [-0.05, 0) is 6.42 Å². The summed E-state index contributed by atoms with van der Waals surface area (Å²) in [6, 6.07) is -0.134. The van der Waals surface area contributed by atoms with Crippen molar-refractivity contribution in [2.45, 2.75) is 12.5 Å². The average molecular weight is 129 g/mol. The smallest absolute Gasteiger partial charge is 0.141 e. The van der Waals surface area contributed by atoms with Gasteiger partial charge in [-0.1, -0.05) is 12.2 Å². The van der Waals surface area contributed by atoms with E-state index in [1.807, 2.05) is 0 Å². The molecule has 1 atom stereocenters. The summed E-state index contributed by atoms with van der Waals surface area (Å²) in [6.07, 6.45) is 1.73. The van der Waals surface area contributed by atoms with E-state index in [9.17, 15) is 4.79 Å². The maximum Gasteiger partial charge on any atom is 0.141 e. The molecule has 1 saturated heterocycles. The van der Waals surface area contributed by atoms with Gasteiger partial charge in [0.2, 0.25) is 0 Å². The predicted molar refractivity (Wildman–Crippen MR) is 35.1 cm³/mol. The van der Waals surface area contributed by atoms with Gasteiger partial charge in [0, 0.05) is 11.4 Å². The van der Waals surface area contributed by atoms with Crippen LogP contribution in [0, 0.1) is 0 Å². The number of nitrogens with one attached hydrogen (secondary N) is 1. The van der Waals surface area contributed by atoms with Gasteiger partial charge in [-0.15, -0.1) is 0 Å². The normalized spacial score (nSPS) is 28.5. The molecule has 1 fully saturated rings. The maximum absolute atomic E-state index is 10.1. The average Bonchev–Trinajstić information content (AvgIpc) is 2.14. The van der Waals surface area contributed by atoms with Gasteiger partial charge in [0.05, 0.1) is 6.04 Å². The van der Waals surface area contributed by atoms with Gasteiger partial charge >= 0.3 is 0 Å². The minimum Gasteiger partial charge on any atom is -0.303 e. The summed E-state index contributed by atoms with van der Waals surface area (Å²) < 4.78 is 0. The Morgan fingerprint density at radius 2 is 2.62 bits per heavy atom. The summed E-state index contributed by atoms with van der Waals surface area (Å²) >= 11 is 4.85. The Labute approximate surface area is 53.3 Å². The van der Waals surface area contributed by atoms with Crippen LogP contribution in [0.15, 0.2) is 0 Å². The summed E-state index contributed by atoms with van der Waals surface area (Å²) in [5.74, 6) is 0. The first-order valence-electron chi connectivity index (χ1n) is 2.56. The van der Waals surface area contributed by atoms with Crippen molar-refractivity contribution in [2.24, 2.45) is 0 Å². The van der Waals surface area contributed by atoms with Gasteiger partial charge in [-0.25, -0.2) is 0 Å². The van der Waals surface area contributed by atoms with Crippen molar-refractivity contribution in [3.63, 3.8) is 0 Å². The zero-order chi connectivity index (χ0) is 5.98. The summed E-state index contributed by atoms with van der Waals surface area (Å²) in [4.78, 5) is 10.9. The summed E-state index contributed by atoms with van der Waals surface area (Å²) in [5.41, 5.74) is 0. The molecule has 1 aliphatic rings. The number of aldehydes is 1. The van der Waals surface area contributed by atoms with Gasteiger partial charge in [-0.2, -0.15) is 0 Å². The molecule has 0 radical (unpaired) electrons. The Morgan fingerprint density at radius 1 is 1.88 bits per heavy atom. The Hall–Kier alpha value is -0.280. The second-order valence-corrected chi connectivity index (χ2v) is 2.31. The molecule has 0 aromatic heterocycles. The zero-order valence-corrected chi connectivity index (χ0v) is 5.20. The zero-order valence-electron chi connectivity index (χ0n) is 4.39. The lowest BCUT2D eigenvalue weighted by Gasteiger charge is -1.95. The monoisotopic (exact) mass is 129 g/mol. The van der Waals surface area contributed by atoms with Crippen LogP contribution in [0.1, 0.15) is 6.42 Å². The van der Waals surface area contributed by atoms with Crippen molar-refractivity contribution >= 4 is 23.4 Å². The van der Waals surface area contributed by atoms with Gasteiger partial charge in [-0.3, -0.25) is 0 Å². The second-order valence-electron chi connectivity index (χ2n) is 1.78. The first-order valence-corrected chi connectivity index (χ1v) is 2.97. The molecule has 0 bridgehead atoms. The van der Waals surface area contributed by atoms with E-state index in [4.69, 9.17) is 12.2 Å². The van der Waals surface area contributed by atoms with E-state index >= 15 is 0 Å². The molecular formula is C5H7NOS. The van der Waals surface area contributed by atoms with Crippen LogP contribution >= 0.6 is 12.2 Å². The molecule has 2 nitrogen and oxygen atoms in total. The Morgan fingerprint density at radius 3 is 2.88 bits per heavy atom. The van der Waals surface area contributed by atoms with Gasteiger partial charge in [0.25, 0.3) is 0 Å². The highest BCUT2D eigenvalue weighted by Crippen LogP contribution is 1.99. The predicted octanol–water partition coefficient (Wildman–Crippen LogP) is -0.0829. The SMILES string of the molecule is O=C[C@H]1NCCC1=S. The molecule has 1 N–H and O–H groups in total. The largest absolute Gasteiger partial charge is 0.303 e. The van der Waals surface area contributed by atoms with Gasteiger partial charge in [0.15, 0.2) is 0 Å². The molecule has 0 amide bonds. The minimum atomic E-state index is -0.134. The highest BCUT2D eigenvalue weighted by molar-refractivity contribution is 7.80. The summed E-state index contributed by atoms with van der Waals surface area (Å²) in [7, 11) is 0. The van der Waals surface area contributed by atoms with Crippen LogP contribution in [0.5, 0.6) is 0 Å². The third-order valence-electron chi connectivity index (χ3n) is 1.22. The molecule has 1 rings (SSSR count). The van der Waals surface area contributed by atoms with Crippen LogP contribution in [-0.2, 0) is 4.79 Å². The number of rotatable bonds is 1. The molecule has 0 saturated carbocycles. The lowest BCUT2D eigenvalue weighted by atomic mass is 10.2. The van der Waals surface area contributed by atoms with Crippen LogP contribution in [0.4, 0.5) is 0 Å². The number of hydrogen-bond donors (Lipinski definition) is 1. The molecule has 1 heterocycles.